The van der Waals surface area contributed by atoms with E-state index >= 15 is 0 Å². The van der Waals surface area contributed by atoms with Gasteiger partial charge in [-0.2, -0.15) is 0 Å². The number of H-pyrrole nitrogens is 1. The molecule has 3 N–H and O–H groups in total. The molecule has 3 rings (SSSR count). The van der Waals surface area contributed by atoms with Gasteiger partial charge in [-0.25, -0.2) is 0 Å². The average Bonchev–Trinajstić information content (AvgIpc) is 3.01. The molecule has 0 radical (unpaired) electrons. The number of carbonyl (C=O) groups is 2. The molecule has 3 aromatic rings. The van der Waals surface area contributed by atoms with Gasteiger partial charge in [-0.1, -0.05) is 30.3 Å². The summed E-state index contributed by atoms with van der Waals surface area (Å²) in [5.74, 6) is -0.746. The number of benzene rings is 2. The van der Waals surface area contributed by atoms with Gasteiger partial charge >= 0.3 is 0 Å². The minimum Gasteiger partial charge on any atom is -0.493 e. The molecule has 0 spiro atoms. The lowest BCUT2D eigenvalue weighted by Gasteiger charge is -2.11. The molecule has 0 aliphatic rings. The number of hydrogen-bond acceptors (Lipinski definition) is 4. The van der Waals surface area contributed by atoms with Crippen molar-refractivity contribution in [3.05, 3.63) is 59.8 Å². The Morgan fingerprint density at radius 3 is 2.54 bits per heavy atom. The highest BCUT2D eigenvalue weighted by Gasteiger charge is 2.19. The summed E-state index contributed by atoms with van der Waals surface area (Å²) in [6.07, 6.45) is 1.46. The molecule has 0 bridgehead atoms. The molecule has 6 nitrogen and oxygen atoms in total. The molecule has 0 unspecified atom stereocenters. The predicted octanol–water partition coefficient (Wildman–Crippen LogP) is 2.42. The standard InChI is InChI=1S/C18H16N2O4/c1-23-15-8-14-12(13(9-20-14)17(21)18(19)22)7-16(15)24-10-11-5-3-2-4-6-11/h2-9,20H,10H2,1H3,(H2,19,22). The summed E-state index contributed by atoms with van der Waals surface area (Å²) in [4.78, 5) is 26.0. The number of nitrogens with one attached hydrogen (secondary N) is 1. The number of nitrogens with two attached hydrogens (primary N) is 1. The topological polar surface area (TPSA) is 94.4 Å². The Morgan fingerprint density at radius 1 is 1.12 bits per heavy atom. The maximum absolute atomic E-state index is 11.9. The van der Waals surface area contributed by atoms with Crippen molar-refractivity contribution in [3.8, 4) is 11.5 Å². The Morgan fingerprint density at radius 2 is 1.88 bits per heavy atom. The van der Waals surface area contributed by atoms with Crippen LogP contribution in [0, 0.1) is 0 Å². The zero-order chi connectivity index (χ0) is 17.1. The fraction of sp³-hybridized carbons (Fsp3) is 0.111. The van der Waals surface area contributed by atoms with Gasteiger partial charge in [0.05, 0.1) is 18.2 Å². The van der Waals surface area contributed by atoms with E-state index in [4.69, 9.17) is 15.2 Å². The summed E-state index contributed by atoms with van der Waals surface area (Å²) < 4.78 is 11.2. The molecule has 0 aliphatic carbocycles. The monoisotopic (exact) mass is 324 g/mol. The van der Waals surface area contributed by atoms with Crippen LogP contribution in [0.3, 0.4) is 0 Å². The van der Waals surface area contributed by atoms with Crippen LogP contribution in [0.5, 0.6) is 11.5 Å². The highest BCUT2D eigenvalue weighted by atomic mass is 16.5. The third-order valence-electron chi connectivity index (χ3n) is 3.67. The van der Waals surface area contributed by atoms with Crippen molar-refractivity contribution < 1.29 is 19.1 Å². The van der Waals surface area contributed by atoms with Gasteiger partial charge in [-0.3, -0.25) is 9.59 Å². The number of Topliss-reactive ketones (excluding diaryl/α,β-unsaturated/α-hetero) is 1. The number of primary amides is 1. The van der Waals surface area contributed by atoms with Crippen LogP contribution in [-0.2, 0) is 11.4 Å². The van der Waals surface area contributed by atoms with E-state index in [1.54, 1.807) is 12.1 Å². The molecule has 2 aromatic carbocycles. The number of carbonyl (C=O) groups excluding carboxylic acids is 2. The number of methoxy groups -OCH3 is 1. The Hall–Kier alpha value is -3.28. The van der Waals surface area contributed by atoms with Crippen molar-refractivity contribution in [1.82, 2.24) is 4.98 Å². The van der Waals surface area contributed by atoms with Crippen molar-refractivity contribution in [2.75, 3.05) is 7.11 Å². The van der Waals surface area contributed by atoms with Crippen LogP contribution in [0.2, 0.25) is 0 Å². The summed E-state index contributed by atoms with van der Waals surface area (Å²) in [6.45, 7) is 0.353. The first-order valence-corrected chi connectivity index (χ1v) is 7.30. The van der Waals surface area contributed by atoms with Gasteiger partial charge in [0.15, 0.2) is 11.5 Å². The van der Waals surface area contributed by atoms with Gasteiger partial charge in [0.2, 0.25) is 0 Å². The molecule has 6 heteroatoms. The average molecular weight is 324 g/mol. The summed E-state index contributed by atoms with van der Waals surface area (Å²) in [5.41, 5.74) is 6.96. The fourth-order valence-electron chi connectivity index (χ4n) is 2.46. The lowest BCUT2D eigenvalue weighted by atomic mass is 10.1. The fourth-order valence-corrected chi connectivity index (χ4v) is 2.46. The number of aromatic amines is 1. The number of amides is 1. The summed E-state index contributed by atoms with van der Waals surface area (Å²) >= 11 is 0. The maximum atomic E-state index is 11.9. The van der Waals surface area contributed by atoms with Gasteiger partial charge < -0.3 is 20.2 Å². The number of ketones is 1. The van der Waals surface area contributed by atoms with Crippen LogP contribution in [0.15, 0.2) is 48.7 Å². The first kappa shape index (κ1) is 15.6. The lowest BCUT2D eigenvalue weighted by molar-refractivity contribution is -0.114. The van der Waals surface area contributed by atoms with Crippen LogP contribution >= 0.6 is 0 Å². The van der Waals surface area contributed by atoms with Crippen molar-refractivity contribution in [1.29, 1.82) is 0 Å². The molecule has 24 heavy (non-hydrogen) atoms. The Bertz CT molecular complexity index is 900. The summed E-state index contributed by atoms with van der Waals surface area (Å²) in [6, 6.07) is 13.1. The highest BCUT2D eigenvalue weighted by molar-refractivity contribution is 6.44. The van der Waals surface area contributed by atoms with Crippen molar-refractivity contribution >= 4 is 22.6 Å². The number of ether oxygens (including phenoxy) is 2. The van der Waals surface area contributed by atoms with Crippen molar-refractivity contribution in [2.24, 2.45) is 5.73 Å². The molecule has 0 aliphatic heterocycles. The Labute approximate surface area is 138 Å². The first-order valence-electron chi connectivity index (χ1n) is 7.30. The normalized spacial score (nSPS) is 10.5. The second-order valence-corrected chi connectivity index (χ2v) is 5.22. The number of rotatable bonds is 6. The molecule has 0 fully saturated rings. The molecule has 1 amide bonds. The van der Waals surface area contributed by atoms with Gasteiger partial charge in [0.1, 0.15) is 6.61 Å². The van der Waals surface area contributed by atoms with E-state index in [-0.39, 0.29) is 5.56 Å². The molecule has 1 aromatic heterocycles. The van der Waals surface area contributed by atoms with E-state index in [9.17, 15) is 9.59 Å². The van der Waals surface area contributed by atoms with Gasteiger partial charge in [-0.15, -0.1) is 0 Å². The molecule has 122 valence electrons. The number of hydrogen-bond donors (Lipinski definition) is 2. The lowest BCUT2D eigenvalue weighted by Crippen LogP contribution is -2.22. The summed E-state index contributed by atoms with van der Waals surface area (Å²) in [7, 11) is 1.54. The predicted molar refractivity (Wildman–Crippen MR) is 89.1 cm³/mol. The molecule has 0 saturated heterocycles. The molecular weight excluding hydrogens is 308 g/mol. The van der Waals surface area contributed by atoms with Crippen molar-refractivity contribution in [3.63, 3.8) is 0 Å². The largest absolute Gasteiger partial charge is 0.493 e. The third-order valence-corrected chi connectivity index (χ3v) is 3.67. The van der Waals surface area contributed by atoms with Gasteiger partial charge in [0, 0.05) is 17.6 Å². The maximum Gasteiger partial charge on any atom is 0.289 e. The van der Waals surface area contributed by atoms with E-state index in [1.165, 1.54) is 13.3 Å². The van der Waals surface area contributed by atoms with E-state index in [1.807, 2.05) is 30.3 Å². The zero-order valence-electron chi connectivity index (χ0n) is 13.0. The molecular formula is C18H16N2O4. The first-order chi connectivity index (χ1) is 11.6. The van der Waals surface area contributed by atoms with Crippen molar-refractivity contribution in [2.45, 2.75) is 6.61 Å². The van der Waals surface area contributed by atoms with Gasteiger partial charge in [0.25, 0.3) is 11.7 Å². The number of fused-ring (bicyclic) bond motifs is 1. The number of aromatic nitrogens is 1. The molecule has 0 atom stereocenters. The van der Waals surface area contributed by atoms with Crippen LogP contribution in [0.4, 0.5) is 0 Å². The van der Waals surface area contributed by atoms with E-state index in [0.717, 1.165) is 5.56 Å². The van der Waals surface area contributed by atoms with Crippen LogP contribution in [0.1, 0.15) is 15.9 Å². The minimum absolute atomic E-state index is 0.213. The second kappa shape index (κ2) is 6.45. The zero-order valence-corrected chi connectivity index (χ0v) is 13.0. The van der Waals surface area contributed by atoms with Crippen LogP contribution in [0.25, 0.3) is 10.9 Å². The van der Waals surface area contributed by atoms with E-state index < -0.39 is 11.7 Å². The van der Waals surface area contributed by atoms with Crippen LogP contribution in [-0.4, -0.2) is 23.8 Å². The van der Waals surface area contributed by atoms with E-state index in [2.05, 4.69) is 4.98 Å². The molecule has 1 heterocycles. The summed E-state index contributed by atoms with van der Waals surface area (Å²) in [5, 5.41) is 0.558. The highest BCUT2D eigenvalue weighted by Crippen LogP contribution is 2.34. The Kier molecular flexibility index (Phi) is 4.20. The molecule has 0 saturated carbocycles. The van der Waals surface area contributed by atoms with Crippen LogP contribution < -0.4 is 15.2 Å². The third kappa shape index (κ3) is 2.94. The second-order valence-electron chi connectivity index (χ2n) is 5.22. The van der Waals surface area contributed by atoms with E-state index in [0.29, 0.717) is 29.0 Å². The minimum atomic E-state index is -1.00. The smallest absolute Gasteiger partial charge is 0.289 e. The SMILES string of the molecule is COc1cc2[nH]cc(C(=O)C(N)=O)c2cc1OCc1ccccc1. The Balaban J connectivity index is 1.98. The van der Waals surface area contributed by atoms with Gasteiger partial charge in [-0.05, 0) is 11.6 Å². The quantitative estimate of drug-likeness (QED) is 0.538.